The summed E-state index contributed by atoms with van der Waals surface area (Å²) in [5.41, 5.74) is 6.24. The highest BCUT2D eigenvalue weighted by molar-refractivity contribution is 9.10. The summed E-state index contributed by atoms with van der Waals surface area (Å²) < 4.78 is 11.6. The zero-order chi connectivity index (χ0) is 12.3. The maximum Gasteiger partial charge on any atom is 0.153 e. The second kappa shape index (κ2) is 5.05. The minimum Gasteiger partial charge on any atom is -0.497 e. The first-order chi connectivity index (χ1) is 8.20. The van der Waals surface area contributed by atoms with E-state index in [1.165, 1.54) is 0 Å². The molecule has 2 aromatic rings. The molecule has 0 unspecified atom stereocenters. The summed E-state index contributed by atoms with van der Waals surface area (Å²) in [4.78, 5) is 3.90. The van der Waals surface area contributed by atoms with Crippen LogP contribution in [-0.2, 0) is 0 Å². The monoisotopic (exact) mass is 294 g/mol. The minimum absolute atomic E-state index is 0.496. The molecule has 17 heavy (non-hydrogen) atoms. The molecule has 1 aromatic heterocycles. The summed E-state index contributed by atoms with van der Waals surface area (Å²) >= 11 is 3.41. The molecule has 4 nitrogen and oxygen atoms in total. The number of ether oxygens (including phenoxy) is 2. The number of benzene rings is 1. The lowest BCUT2D eigenvalue weighted by atomic mass is 10.3. The Morgan fingerprint density at radius 1 is 1.24 bits per heavy atom. The summed E-state index contributed by atoms with van der Waals surface area (Å²) in [5.74, 6) is 2.00. The van der Waals surface area contributed by atoms with Crippen molar-refractivity contribution in [3.63, 3.8) is 0 Å². The highest BCUT2D eigenvalue weighted by Gasteiger charge is 2.06. The lowest BCUT2D eigenvalue weighted by Crippen LogP contribution is -1.93. The zero-order valence-corrected chi connectivity index (χ0v) is 10.8. The van der Waals surface area contributed by atoms with Crippen LogP contribution in [-0.4, -0.2) is 12.1 Å². The number of aromatic nitrogens is 1. The van der Waals surface area contributed by atoms with Gasteiger partial charge in [0.25, 0.3) is 0 Å². The molecule has 0 aliphatic heterocycles. The van der Waals surface area contributed by atoms with Gasteiger partial charge in [-0.25, -0.2) is 0 Å². The maximum atomic E-state index is 5.75. The molecule has 0 atom stereocenters. The molecular formula is C12H11BrN2O2. The molecule has 2 N–H and O–H groups in total. The van der Waals surface area contributed by atoms with Crippen molar-refractivity contribution in [3.8, 4) is 17.2 Å². The van der Waals surface area contributed by atoms with Gasteiger partial charge < -0.3 is 15.2 Å². The van der Waals surface area contributed by atoms with Gasteiger partial charge in [0.05, 0.1) is 23.5 Å². The highest BCUT2D eigenvalue weighted by atomic mass is 79.9. The van der Waals surface area contributed by atoms with Crippen LogP contribution < -0.4 is 15.2 Å². The van der Waals surface area contributed by atoms with Gasteiger partial charge in [-0.1, -0.05) is 0 Å². The van der Waals surface area contributed by atoms with E-state index in [0.717, 1.165) is 10.2 Å². The molecule has 0 spiro atoms. The lowest BCUT2D eigenvalue weighted by Gasteiger charge is -2.10. The molecule has 1 aromatic carbocycles. The van der Waals surface area contributed by atoms with E-state index in [1.54, 1.807) is 25.6 Å². The van der Waals surface area contributed by atoms with Crippen molar-refractivity contribution in [1.29, 1.82) is 0 Å². The summed E-state index contributed by atoms with van der Waals surface area (Å²) in [6, 6.07) is 7.17. The van der Waals surface area contributed by atoms with Crippen molar-refractivity contribution < 1.29 is 9.47 Å². The van der Waals surface area contributed by atoms with Crippen molar-refractivity contribution in [1.82, 2.24) is 4.98 Å². The fraction of sp³-hybridized carbons (Fsp3) is 0.0833. The van der Waals surface area contributed by atoms with E-state index in [4.69, 9.17) is 15.2 Å². The van der Waals surface area contributed by atoms with Crippen LogP contribution >= 0.6 is 15.9 Å². The number of anilines is 1. The molecule has 0 amide bonds. The molecule has 0 aliphatic carbocycles. The number of hydrogen-bond acceptors (Lipinski definition) is 4. The first-order valence-corrected chi connectivity index (χ1v) is 5.71. The van der Waals surface area contributed by atoms with Gasteiger partial charge in [0.2, 0.25) is 0 Å². The Kier molecular flexibility index (Phi) is 3.49. The smallest absolute Gasteiger partial charge is 0.153 e. The molecule has 0 fully saturated rings. The molecule has 0 saturated carbocycles. The topological polar surface area (TPSA) is 57.4 Å². The first-order valence-electron chi connectivity index (χ1n) is 4.91. The van der Waals surface area contributed by atoms with E-state index in [1.807, 2.05) is 18.2 Å². The fourth-order valence-electron chi connectivity index (χ4n) is 1.30. The van der Waals surface area contributed by atoms with E-state index >= 15 is 0 Å². The van der Waals surface area contributed by atoms with E-state index < -0.39 is 0 Å². The lowest BCUT2D eigenvalue weighted by molar-refractivity contribution is 0.412. The number of rotatable bonds is 3. The quantitative estimate of drug-likeness (QED) is 0.944. The Labute approximate surface area is 108 Å². The van der Waals surface area contributed by atoms with Gasteiger partial charge in [-0.15, -0.1) is 0 Å². The summed E-state index contributed by atoms with van der Waals surface area (Å²) in [7, 11) is 1.61. The molecule has 0 saturated heterocycles. The normalized spacial score (nSPS) is 10.0. The molecule has 0 radical (unpaired) electrons. The number of halogens is 1. The van der Waals surface area contributed by atoms with Crippen LogP contribution in [0.3, 0.4) is 0 Å². The van der Waals surface area contributed by atoms with Crippen LogP contribution in [0.1, 0.15) is 0 Å². The van der Waals surface area contributed by atoms with Crippen LogP contribution in [0.15, 0.2) is 41.1 Å². The molecule has 88 valence electrons. The summed E-state index contributed by atoms with van der Waals surface area (Å²) in [5, 5.41) is 0. The highest BCUT2D eigenvalue weighted by Crippen LogP contribution is 2.34. The molecule has 2 rings (SSSR count). The number of pyridine rings is 1. The van der Waals surface area contributed by atoms with Crippen LogP contribution in [0.4, 0.5) is 5.69 Å². The van der Waals surface area contributed by atoms with E-state index in [2.05, 4.69) is 20.9 Å². The largest absolute Gasteiger partial charge is 0.497 e. The molecule has 5 heteroatoms. The van der Waals surface area contributed by atoms with E-state index in [9.17, 15) is 0 Å². The average molecular weight is 295 g/mol. The van der Waals surface area contributed by atoms with Crippen molar-refractivity contribution in [2.24, 2.45) is 0 Å². The van der Waals surface area contributed by atoms with Crippen LogP contribution in [0, 0.1) is 0 Å². The van der Waals surface area contributed by atoms with Crippen molar-refractivity contribution in [3.05, 3.63) is 41.1 Å². The van der Waals surface area contributed by atoms with E-state index in [-0.39, 0.29) is 0 Å². The zero-order valence-electron chi connectivity index (χ0n) is 9.18. The van der Waals surface area contributed by atoms with Gasteiger partial charge in [0.15, 0.2) is 5.75 Å². The van der Waals surface area contributed by atoms with Crippen molar-refractivity contribution in [2.75, 3.05) is 12.8 Å². The second-order valence-corrected chi connectivity index (χ2v) is 4.17. The second-order valence-electron chi connectivity index (χ2n) is 3.31. The van der Waals surface area contributed by atoms with Crippen molar-refractivity contribution >= 4 is 21.6 Å². The van der Waals surface area contributed by atoms with Gasteiger partial charge in [-0.05, 0) is 34.1 Å². The minimum atomic E-state index is 0.496. The Bertz CT molecular complexity index is 532. The first kappa shape index (κ1) is 11.7. The third-order valence-electron chi connectivity index (χ3n) is 2.17. The van der Waals surface area contributed by atoms with Gasteiger partial charge >= 0.3 is 0 Å². The standard InChI is InChI=1S/C12H11BrN2O2/c1-16-8-2-3-11(9(13)6-8)17-12-4-5-15-7-10(12)14/h2-7H,14H2,1H3. The summed E-state index contributed by atoms with van der Waals surface area (Å²) in [6.45, 7) is 0. The van der Waals surface area contributed by atoms with Gasteiger partial charge in [0.1, 0.15) is 11.5 Å². The fourth-order valence-corrected chi connectivity index (χ4v) is 1.74. The molecule has 0 aliphatic rings. The van der Waals surface area contributed by atoms with Gasteiger partial charge in [-0.3, -0.25) is 4.98 Å². The number of hydrogen-bond donors (Lipinski definition) is 1. The number of nitrogens with zero attached hydrogens (tertiary/aromatic N) is 1. The number of nitrogens with two attached hydrogens (primary N) is 1. The third-order valence-corrected chi connectivity index (χ3v) is 2.79. The Morgan fingerprint density at radius 2 is 2.06 bits per heavy atom. The predicted octanol–water partition coefficient (Wildman–Crippen LogP) is 3.23. The Balaban J connectivity index is 2.28. The molecular weight excluding hydrogens is 284 g/mol. The van der Waals surface area contributed by atoms with E-state index in [0.29, 0.717) is 17.2 Å². The Hall–Kier alpha value is -1.75. The SMILES string of the molecule is COc1ccc(Oc2ccncc2N)c(Br)c1. The van der Waals surface area contributed by atoms with Crippen LogP contribution in [0.25, 0.3) is 0 Å². The third kappa shape index (κ3) is 2.68. The predicted molar refractivity (Wildman–Crippen MR) is 69.4 cm³/mol. The number of nitrogen functional groups attached to an aromatic ring is 1. The molecule has 1 heterocycles. The van der Waals surface area contributed by atoms with Gasteiger partial charge in [-0.2, -0.15) is 0 Å². The van der Waals surface area contributed by atoms with Gasteiger partial charge in [0, 0.05) is 12.3 Å². The van der Waals surface area contributed by atoms with Crippen molar-refractivity contribution in [2.45, 2.75) is 0 Å². The van der Waals surface area contributed by atoms with Crippen LogP contribution in [0.5, 0.6) is 17.2 Å². The summed E-state index contributed by atoms with van der Waals surface area (Å²) in [6.07, 6.45) is 3.18. The molecule has 0 bridgehead atoms. The number of methoxy groups -OCH3 is 1. The van der Waals surface area contributed by atoms with Crippen LogP contribution in [0.2, 0.25) is 0 Å². The maximum absolute atomic E-state index is 5.75. The Morgan fingerprint density at radius 3 is 2.71 bits per heavy atom. The average Bonchev–Trinajstić information content (AvgIpc) is 2.34.